The van der Waals surface area contributed by atoms with Crippen LogP contribution >= 0.6 is 0 Å². The molecule has 3 N–H and O–H groups in total. The van der Waals surface area contributed by atoms with E-state index in [1.807, 2.05) is 48.5 Å². The molecule has 20 heavy (non-hydrogen) atoms. The van der Waals surface area contributed by atoms with Gasteiger partial charge in [-0.05, 0) is 24.3 Å². The van der Waals surface area contributed by atoms with Crippen molar-refractivity contribution in [2.24, 2.45) is 0 Å². The minimum absolute atomic E-state index is 0.749. The standard InChI is InChI=1S/C16H15N3O/c1-20-12-5-2-4-11(10-12)19-16-14-6-3-7-15(17)13(14)8-9-18-16/h2-10H,17H2,1H3,(H,18,19). The first kappa shape index (κ1) is 12.3. The molecule has 0 radical (unpaired) electrons. The van der Waals surface area contributed by atoms with E-state index in [9.17, 15) is 0 Å². The van der Waals surface area contributed by atoms with Gasteiger partial charge in [-0.3, -0.25) is 0 Å². The van der Waals surface area contributed by atoms with E-state index in [0.717, 1.165) is 33.7 Å². The van der Waals surface area contributed by atoms with Crippen LogP contribution < -0.4 is 15.8 Å². The van der Waals surface area contributed by atoms with Gasteiger partial charge in [0, 0.05) is 34.4 Å². The van der Waals surface area contributed by atoms with E-state index >= 15 is 0 Å². The Kier molecular flexibility index (Phi) is 3.13. The number of ether oxygens (including phenoxy) is 1. The van der Waals surface area contributed by atoms with Crippen LogP contribution in [0.5, 0.6) is 5.75 Å². The van der Waals surface area contributed by atoms with Crippen LogP contribution in [0.3, 0.4) is 0 Å². The second kappa shape index (κ2) is 5.09. The van der Waals surface area contributed by atoms with Gasteiger partial charge in [0.05, 0.1) is 7.11 Å². The molecular weight excluding hydrogens is 250 g/mol. The number of rotatable bonds is 3. The zero-order valence-corrected chi connectivity index (χ0v) is 11.1. The van der Waals surface area contributed by atoms with Crippen LogP contribution in [0.2, 0.25) is 0 Å². The summed E-state index contributed by atoms with van der Waals surface area (Å²) in [5, 5.41) is 5.29. The van der Waals surface area contributed by atoms with Crippen LogP contribution in [0.1, 0.15) is 0 Å². The lowest BCUT2D eigenvalue weighted by Crippen LogP contribution is -1.96. The summed E-state index contributed by atoms with van der Waals surface area (Å²) in [5.41, 5.74) is 7.66. The molecule has 0 atom stereocenters. The molecule has 1 heterocycles. The molecule has 2 aromatic carbocycles. The summed E-state index contributed by atoms with van der Waals surface area (Å²) < 4.78 is 5.22. The molecule has 0 unspecified atom stereocenters. The number of hydrogen-bond acceptors (Lipinski definition) is 4. The first-order valence-electron chi connectivity index (χ1n) is 6.32. The van der Waals surface area contributed by atoms with Gasteiger partial charge in [0.2, 0.25) is 0 Å². The highest BCUT2D eigenvalue weighted by Gasteiger charge is 2.05. The molecule has 0 aliphatic heterocycles. The molecule has 3 rings (SSSR count). The summed E-state index contributed by atoms with van der Waals surface area (Å²) in [4.78, 5) is 4.39. The Morgan fingerprint density at radius 2 is 1.90 bits per heavy atom. The van der Waals surface area contributed by atoms with E-state index in [1.54, 1.807) is 13.3 Å². The number of nitrogens with two attached hydrogens (primary N) is 1. The summed E-state index contributed by atoms with van der Waals surface area (Å²) in [5.74, 6) is 1.58. The highest BCUT2D eigenvalue weighted by Crippen LogP contribution is 2.28. The van der Waals surface area contributed by atoms with Crippen LogP contribution in [0, 0.1) is 0 Å². The molecule has 0 spiro atoms. The Bertz CT molecular complexity index is 756. The van der Waals surface area contributed by atoms with E-state index in [4.69, 9.17) is 10.5 Å². The van der Waals surface area contributed by atoms with Gasteiger partial charge >= 0.3 is 0 Å². The zero-order valence-electron chi connectivity index (χ0n) is 11.1. The monoisotopic (exact) mass is 265 g/mol. The molecule has 0 aliphatic rings. The highest BCUT2D eigenvalue weighted by molar-refractivity contribution is 5.99. The van der Waals surface area contributed by atoms with Gasteiger partial charge < -0.3 is 15.8 Å². The Balaban J connectivity index is 2.04. The molecular formula is C16H15N3O. The number of anilines is 3. The number of aromatic nitrogens is 1. The van der Waals surface area contributed by atoms with Gasteiger partial charge in [0.25, 0.3) is 0 Å². The third-order valence-corrected chi connectivity index (χ3v) is 3.17. The number of benzene rings is 2. The fraction of sp³-hybridized carbons (Fsp3) is 0.0625. The van der Waals surface area contributed by atoms with E-state index < -0.39 is 0 Å². The van der Waals surface area contributed by atoms with E-state index in [1.165, 1.54) is 0 Å². The number of nitrogens with zero attached hydrogens (tertiary/aromatic N) is 1. The molecule has 0 saturated heterocycles. The van der Waals surface area contributed by atoms with Crippen molar-refractivity contribution in [3.63, 3.8) is 0 Å². The Morgan fingerprint density at radius 3 is 2.75 bits per heavy atom. The summed E-state index contributed by atoms with van der Waals surface area (Å²) in [6.07, 6.45) is 1.75. The molecule has 0 amide bonds. The fourth-order valence-electron chi connectivity index (χ4n) is 2.17. The number of fused-ring (bicyclic) bond motifs is 1. The zero-order chi connectivity index (χ0) is 13.9. The highest BCUT2D eigenvalue weighted by atomic mass is 16.5. The molecule has 0 fully saturated rings. The molecule has 100 valence electrons. The molecule has 0 saturated carbocycles. The smallest absolute Gasteiger partial charge is 0.138 e. The van der Waals surface area contributed by atoms with Crippen molar-refractivity contribution in [2.45, 2.75) is 0 Å². The Morgan fingerprint density at radius 1 is 1.05 bits per heavy atom. The lowest BCUT2D eigenvalue weighted by atomic mass is 10.1. The third-order valence-electron chi connectivity index (χ3n) is 3.17. The van der Waals surface area contributed by atoms with Gasteiger partial charge in [0.1, 0.15) is 11.6 Å². The van der Waals surface area contributed by atoms with Crippen molar-refractivity contribution < 1.29 is 4.74 Å². The largest absolute Gasteiger partial charge is 0.497 e. The maximum Gasteiger partial charge on any atom is 0.138 e. The van der Waals surface area contributed by atoms with Crippen LogP contribution in [0.4, 0.5) is 17.2 Å². The van der Waals surface area contributed by atoms with Crippen molar-refractivity contribution in [3.8, 4) is 5.75 Å². The lowest BCUT2D eigenvalue weighted by molar-refractivity contribution is 0.415. The maximum absolute atomic E-state index is 5.99. The third kappa shape index (κ3) is 2.23. The van der Waals surface area contributed by atoms with Crippen molar-refractivity contribution in [3.05, 3.63) is 54.7 Å². The topological polar surface area (TPSA) is 60.2 Å². The van der Waals surface area contributed by atoms with Gasteiger partial charge in [-0.15, -0.1) is 0 Å². The number of nitrogen functional groups attached to an aromatic ring is 1. The van der Waals surface area contributed by atoms with Gasteiger partial charge in [-0.25, -0.2) is 4.98 Å². The molecule has 1 aromatic heterocycles. The normalized spacial score (nSPS) is 10.4. The SMILES string of the molecule is COc1cccc(Nc2nccc3c(N)cccc23)c1. The first-order valence-corrected chi connectivity index (χ1v) is 6.32. The van der Waals surface area contributed by atoms with Crippen LogP contribution in [-0.4, -0.2) is 12.1 Å². The second-order valence-corrected chi connectivity index (χ2v) is 4.46. The number of methoxy groups -OCH3 is 1. The van der Waals surface area contributed by atoms with Crippen molar-refractivity contribution in [1.82, 2.24) is 4.98 Å². The predicted molar refractivity (Wildman–Crippen MR) is 82.4 cm³/mol. The Hall–Kier alpha value is -2.75. The fourth-order valence-corrected chi connectivity index (χ4v) is 2.17. The van der Waals surface area contributed by atoms with Crippen LogP contribution in [0.15, 0.2) is 54.7 Å². The predicted octanol–water partition coefficient (Wildman–Crippen LogP) is 3.57. The minimum atomic E-state index is 0.749. The molecule has 0 bridgehead atoms. The van der Waals surface area contributed by atoms with Crippen molar-refractivity contribution >= 4 is 28.0 Å². The molecule has 4 nitrogen and oxygen atoms in total. The van der Waals surface area contributed by atoms with E-state index in [2.05, 4.69) is 10.3 Å². The van der Waals surface area contributed by atoms with Gasteiger partial charge in [-0.1, -0.05) is 18.2 Å². The average Bonchev–Trinajstić information content (AvgIpc) is 2.49. The summed E-state index contributed by atoms with van der Waals surface area (Å²) >= 11 is 0. The quantitative estimate of drug-likeness (QED) is 0.711. The lowest BCUT2D eigenvalue weighted by Gasteiger charge is -2.10. The van der Waals surface area contributed by atoms with Gasteiger partial charge in [-0.2, -0.15) is 0 Å². The van der Waals surface area contributed by atoms with E-state index in [0.29, 0.717) is 0 Å². The van der Waals surface area contributed by atoms with Crippen LogP contribution in [-0.2, 0) is 0 Å². The molecule has 4 heteroatoms. The van der Waals surface area contributed by atoms with Crippen molar-refractivity contribution in [2.75, 3.05) is 18.2 Å². The van der Waals surface area contributed by atoms with Gasteiger partial charge in [0.15, 0.2) is 0 Å². The van der Waals surface area contributed by atoms with Crippen LogP contribution in [0.25, 0.3) is 10.8 Å². The summed E-state index contributed by atoms with van der Waals surface area (Å²) in [7, 11) is 1.65. The molecule has 0 aliphatic carbocycles. The minimum Gasteiger partial charge on any atom is -0.497 e. The first-order chi connectivity index (χ1) is 9.78. The number of pyridine rings is 1. The summed E-state index contributed by atoms with van der Waals surface area (Å²) in [6.45, 7) is 0. The summed E-state index contributed by atoms with van der Waals surface area (Å²) in [6, 6.07) is 15.5. The van der Waals surface area contributed by atoms with E-state index in [-0.39, 0.29) is 0 Å². The number of nitrogens with one attached hydrogen (secondary N) is 1. The molecule has 3 aromatic rings. The van der Waals surface area contributed by atoms with Crippen molar-refractivity contribution in [1.29, 1.82) is 0 Å². The number of hydrogen-bond donors (Lipinski definition) is 2. The average molecular weight is 265 g/mol. The second-order valence-electron chi connectivity index (χ2n) is 4.46. The Labute approximate surface area is 117 Å². The maximum atomic E-state index is 5.99.